The summed E-state index contributed by atoms with van der Waals surface area (Å²) in [4.78, 5) is 5.96. The zero-order chi connectivity index (χ0) is 11.0. The van der Waals surface area contributed by atoms with E-state index in [1.807, 2.05) is 4.90 Å². The van der Waals surface area contributed by atoms with Gasteiger partial charge in [0.1, 0.15) is 0 Å². The lowest BCUT2D eigenvalue weighted by Gasteiger charge is -2.25. The van der Waals surface area contributed by atoms with Crippen LogP contribution in [0.5, 0.6) is 0 Å². The Kier molecular flexibility index (Phi) is 6.76. The molecule has 0 saturated carbocycles. The second kappa shape index (κ2) is 7.33. The molecule has 0 spiro atoms. The molecule has 0 aromatic carbocycles. The largest absolute Gasteiger partial charge is 0.383 e. The second-order valence-electron chi connectivity index (χ2n) is 2.94. The van der Waals surface area contributed by atoms with Gasteiger partial charge >= 0.3 is 0 Å². The number of nitrogens with zero attached hydrogens (tertiary/aromatic N) is 2. The van der Waals surface area contributed by atoms with E-state index in [2.05, 4.69) is 25.1 Å². The van der Waals surface area contributed by atoms with Crippen LogP contribution in [-0.2, 0) is 4.74 Å². The van der Waals surface area contributed by atoms with Crippen LogP contribution in [0.3, 0.4) is 0 Å². The molecular weight excluding hydrogens is 176 g/mol. The van der Waals surface area contributed by atoms with E-state index in [4.69, 9.17) is 4.74 Å². The first-order chi connectivity index (χ1) is 6.67. The van der Waals surface area contributed by atoms with E-state index in [0.29, 0.717) is 6.61 Å². The lowest BCUT2D eigenvalue weighted by atomic mass is 10.3. The van der Waals surface area contributed by atoms with Crippen molar-refractivity contribution in [1.29, 1.82) is 0 Å². The molecule has 0 bridgehead atoms. The third-order valence-electron chi connectivity index (χ3n) is 1.93. The first kappa shape index (κ1) is 12.9. The number of aliphatic imine (C=N–C) groups is 1. The monoisotopic (exact) mass is 196 g/mol. The predicted octanol–water partition coefficient (Wildman–Crippen LogP) is 2.07. The fourth-order valence-corrected chi connectivity index (χ4v) is 1.10. The van der Waals surface area contributed by atoms with E-state index in [1.54, 1.807) is 20.4 Å². The lowest BCUT2D eigenvalue weighted by Crippen LogP contribution is -2.25. The van der Waals surface area contributed by atoms with Crippen LogP contribution in [0.4, 0.5) is 0 Å². The van der Waals surface area contributed by atoms with Crippen molar-refractivity contribution in [2.24, 2.45) is 4.99 Å². The Morgan fingerprint density at radius 2 is 2.14 bits per heavy atom. The van der Waals surface area contributed by atoms with Gasteiger partial charge in [-0.3, -0.25) is 4.99 Å². The van der Waals surface area contributed by atoms with Crippen LogP contribution in [0, 0.1) is 0 Å². The van der Waals surface area contributed by atoms with Crippen molar-refractivity contribution >= 4 is 6.21 Å². The molecule has 0 heterocycles. The highest BCUT2D eigenvalue weighted by molar-refractivity contribution is 5.77. The third-order valence-corrected chi connectivity index (χ3v) is 1.93. The number of methoxy groups -OCH3 is 1. The van der Waals surface area contributed by atoms with Gasteiger partial charge in [-0.25, -0.2) is 0 Å². The van der Waals surface area contributed by atoms with Crippen LogP contribution in [0.2, 0.25) is 0 Å². The Labute approximate surface area is 86.8 Å². The Bertz CT molecular complexity index is 221. The highest BCUT2D eigenvalue weighted by atomic mass is 16.5. The van der Waals surface area contributed by atoms with Crippen LogP contribution in [-0.4, -0.2) is 38.4 Å². The number of hydrogen-bond acceptors (Lipinski definition) is 3. The summed E-state index contributed by atoms with van der Waals surface area (Å²) < 4.78 is 5.03. The van der Waals surface area contributed by atoms with Gasteiger partial charge in [-0.05, 0) is 6.42 Å². The highest BCUT2D eigenvalue weighted by Gasteiger charge is 2.07. The number of allylic oxidation sites excluding steroid dienone is 2. The SMILES string of the molecule is C=C(C=NC)N(CCOC)C(=C)CC. The van der Waals surface area contributed by atoms with Gasteiger partial charge in [-0.2, -0.15) is 0 Å². The van der Waals surface area contributed by atoms with Gasteiger partial charge in [0.05, 0.1) is 12.3 Å². The van der Waals surface area contributed by atoms with Crippen LogP contribution in [0.1, 0.15) is 13.3 Å². The van der Waals surface area contributed by atoms with Crippen molar-refractivity contribution in [2.75, 3.05) is 27.3 Å². The third kappa shape index (κ3) is 4.23. The summed E-state index contributed by atoms with van der Waals surface area (Å²) in [5, 5.41) is 0. The molecule has 3 nitrogen and oxygen atoms in total. The maximum Gasteiger partial charge on any atom is 0.0642 e. The summed E-state index contributed by atoms with van der Waals surface area (Å²) in [5.41, 5.74) is 1.89. The smallest absolute Gasteiger partial charge is 0.0642 e. The molecule has 0 aromatic rings. The van der Waals surface area contributed by atoms with E-state index in [0.717, 1.165) is 24.4 Å². The van der Waals surface area contributed by atoms with Crippen molar-refractivity contribution in [1.82, 2.24) is 4.90 Å². The molecule has 0 saturated heterocycles. The number of ether oxygens (including phenoxy) is 1. The van der Waals surface area contributed by atoms with Crippen molar-refractivity contribution in [3.63, 3.8) is 0 Å². The van der Waals surface area contributed by atoms with Gasteiger partial charge in [-0.15, -0.1) is 0 Å². The fraction of sp³-hybridized carbons (Fsp3) is 0.545. The van der Waals surface area contributed by atoms with Crippen LogP contribution >= 0.6 is 0 Å². The van der Waals surface area contributed by atoms with E-state index in [9.17, 15) is 0 Å². The van der Waals surface area contributed by atoms with Gasteiger partial charge < -0.3 is 9.64 Å². The zero-order valence-corrected chi connectivity index (χ0v) is 9.42. The molecule has 3 heteroatoms. The van der Waals surface area contributed by atoms with Crippen molar-refractivity contribution in [2.45, 2.75) is 13.3 Å². The average Bonchev–Trinajstić information content (AvgIpc) is 2.18. The molecule has 0 N–H and O–H groups in total. The summed E-state index contributed by atoms with van der Waals surface area (Å²) >= 11 is 0. The van der Waals surface area contributed by atoms with Crippen molar-refractivity contribution in [3.05, 3.63) is 24.6 Å². The van der Waals surface area contributed by atoms with Gasteiger partial charge in [0.25, 0.3) is 0 Å². The number of hydrogen-bond donors (Lipinski definition) is 0. The Morgan fingerprint density at radius 3 is 2.57 bits per heavy atom. The maximum absolute atomic E-state index is 5.03. The van der Waals surface area contributed by atoms with Crippen molar-refractivity contribution < 1.29 is 4.74 Å². The molecule has 0 fully saturated rings. The van der Waals surface area contributed by atoms with E-state index >= 15 is 0 Å². The quantitative estimate of drug-likeness (QED) is 0.582. The Hall–Kier alpha value is -1.09. The summed E-state index contributed by atoms with van der Waals surface area (Å²) in [6, 6.07) is 0. The first-order valence-electron chi connectivity index (χ1n) is 4.72. The van der Waals surface area contributed by atoms with E-state index in [-0.39, 0.29) is 0 Å². The Balaban J connectivity index is 4.37. The van der Waals surface area contributed by atoms with Gasteiger partial charge in [0.15, 0.2) is 0 Å². The fourth-order valence-electron chi connectivity index (χ4n) is 1.10. The van der Waals surface area contributed by atoms with Gasteiger partial charge in [0, 0.05) is 32.6 Å². The molecule has 0 atom stereocenters. The number of rotatable bonds is 7. The van der Waals surface area contributed by atoms with Crippen LogP contribution in [0.25, 0.3) is 0 Å². The minimum atomic E-state index is 0.662. The van der Waals surface area contributed by atoms with E-state index < -0.39 is 0 Å². The first-order valence-corrected chi connectivity index (χ1v) is 4.72. The summed E-state index contributed by atoms with van der Waals surface area (Å²) in [6.45, 7) is 11.4. The molecular formula is C11H20N2O. The molecule has 80 valence electrons. The molecule has 0 aromatic heterocycles. The van der Waals surface area contributed by atoms with E-state index in [1.165, 1.54) is 0 Å². The molecule has 0 aliphatic heterocycles. The van der Waals surface area contributed by atoms with Crippen LogP contribution in [0.15, 0.2) is 29.5 Å². The van der Waals surface area contributed by atoms with Crippen molar-refractivity contribution in [3.8, 4) is 0 Å². The molecule has 0 amide bonds. The normalized spacial score (nSPS) is 10.5. The minimum absolute atomic E-state index is 0.662. The average molecular weight is 196 g/mol. The Morgan fingerprint density at radius 1 is 1.50 bits per heavy atom. The predicted molar refractivity (Wildman–Crippen MR) is 61.6 cm³/mol. The standard InChI is InChI=1S/C11H20N2O/c1-6-10(2)13(7-8-14-5)11(3)9-12-4/h9H,2-3,6-8H2,1,4-5H3. The topological polar surface area (TPSA) is 24.8 Å². The summed E-state index contributed by atoms with van der Waals surface area (Å²) in [7, 11) is 3.41. The summed E-state index contributed by atoms with van der Waals surface area (Å²) in [5.74, 6) is 0. The minimum Gasteiger partial charge on any atom is -0.383 e. The highest BCUT2D eigenvalue weighted by Crippen LogP contribution is 2.11. The zero-order valence-electron chi connectivity index (χ0n) is 9.42. The molecule has 0 unspecified atom stereocenters. The van der Waals surface area contributed by atoms with Gasteiger partial charge in [-0.1, -0.05) is 20.1 Å². The lowest BCUT2D eigenvalue weighted by molar-refractivity contribution is 0.177. The second-order valence-corrected chi connectivity index (χ2v) is 2.94. The van der Waals surface area contributed by atoms with Crippen LogP contribution < -0.4 is 0 Å². The molecule has 0 aliphatic rings. The van der Waals surface area contributed by atoms with Gasteiger partial charge in [0.2, 0.25) is 0 Å². The molecule has 14 heavy (non-hydrogen) atoms. The maximum atomic E-state index is 5.03. The molecule has 0 rings (SSSR count). The molecule has 0 radical (unpaired) electrons. The summed E-state index contributed by atoms with van der Waals surface area (Å²) in [6.07, 6.45) is 2.64. The molecule has 0 aliphatic carbocycles.